The number of esters is 2. The fraction of sp³-hybridized carbons (Fsp3) is 0.951. The van der Waals surface area contributed by atoms with Crippen LogP contribution in [0.5, 0.6) is 0 Å². The van der Waals surface area contributed by atoms with E-state index < -0.39 is 12.0 Å². The van der Waals surface area contributed by atoms with Crippen molar-refractivity contribution in [2.24, 2.45) is 5.73 Å². The van der Waals surface area contributed by atoms with Crippen molar-refractivity contribution in [3.05, 3.63) is 0 Å². The Morgan fingerprint density at radius 3 is 0.979 bits per heavy atom. The predicted molar refractivity (Wildman–Crippen MR) is 200 cm³/mol. The minimum absolute atomic E-state index is 0. The molecule has 0 aliphatic rings. The van der Waals surface area contributed by atoms with Gasteiger partial charge in [-0.15, -0.1) is 0 Å². The van der Waals surface area contributed by atoms with Crippen molar-refractivity contribution < 1.29 is 81.0 Å². The third-order valence-electron chi connectivity index (χ3n) is 9.47. The molecule has 0 aliphatic heterocycles. The standard InChI is InChI=1S/C41H81NO4.2Na.2H/c1-3-5-7-9-11-13-15-17-19-21-23-25-27-29-31-33-37-45-40(43)36-35-39(42)41(44)46-38-34-32-30-28-26-24-22-20-18-16-14-12-10-8-6-4-2;;;;/h39H,3-38,42H2,1-2H3;;;;/q;2*+1;2*-1/t39-;;;;/m0..../s1. The average Bonchev–Trinajstić information content (AvgIpc) is 3.06. The maximum absolute atomic E-state index is 12.1. The molecule has 0 radical (unpaired) electrons. The van der Waals surface area contributed by atoms with Crippen molar-refractivity contribution >= 4 is 11.9 Å². The number of rotatable bonds is 38. The first kappa shape index (κ1) is 53.3. The molecular weight excluding hydrogens is 616 g/mol. The summed E-state index contributed by atoms with van der Waals surface area (Å²) in [5.41, 5.74) is 5.95. The number of nitrogens with two attached hydrogens (primary N) is 1. The molecule has 0 fully saturated rings. The molecule has 0 amide bonds. The molecule has 1 atom stereocenters. The van der Waals surface area contributed by atoms with Crippen LogP contribution >= 0.6 is 0 Å². The van der Waals surface area contributed by atoms with E-state index in [2.05, 4.69) is 13.8 Å². The van der Waals surface area contributed by atoms with Gasteiger partial charge in [0.05, 0.1) is 13.2 Å². The van der Waals surface area contributed by atoms with Crippen LogP contribution in [-0.4, -0.2) is 31.2 Å². The largest absolute Gasteiger partial charge is 1.00 e. The van der Waals surface area contributed by atoms with Crippen LogP contribution in [0, 0.1) is 0 Å². The van der Waals surface area contributed by atoms with Gasteiger partial charge in [-0.2, -0.15) is 0 Å². The molecule has 278 valence electrons. The molecule has 0 heterocycles. The molecular formula is C41H83NNa2O4. The van der Waals surface area contributed by atoms with Crippen molar-refractivity contribution in [1.82, 2.24) is 0 Å². The van der Waals surface area contributed by atoms with E-state index in [4.69, 9.17) is 15.2 Å². The maximum Gasteiger partial charge on any atom is 1.00 e. The van der Waals surface area contributed by atoms with Crippen LogP contribution < -0.4 is 64.8 Å². The monoisotopic (exact) mass is 700 g/mol. The minimum Gasteiger partial charge on any atom is -1.00 e. The summed E-state index contributed by atoms with van der Waals surface area (Å²) in [4.78, 5) is 24.2. The first-order chi connectivity index (χ1) is 22.6. The van der Waals surface area contributed by atoms with Gasteiger partial charge in [0.1, 0.15) is 6.04 Å². The second kappa shape index (κ2) is 45.9. The summed E-state index contributed by atoms with van der Waals surface area (Å²) >= 11 is 0. The molecule has 0 spiro atoms. The van der Waals surface area contributed by atoms with E-state index in [1.165, 1.54) is 180 Å². The summed E-state index contributed by atoms with van der Waals surface area (Å²) in [7, 11) is 0. The van der Waals surface area contributed by atoms with Crippen LogP contribution in [0.4, 0.5) is 0 Å². The van der Waals surface area contributed by atoms with E-state index in [9.17, 15) is 9.59 Å². The van der Waals surface area contributed by atoms with Crippen molar-refractivity contribution in [2.75, 3.05) is 13.2 Å². The number of carbonyl (C=O) groups is 2. The van der Waals surface area contributed by atoms with Gasteiger partial charge in [-0.1, -0.05) is 206 Å². The molecule has 0 aromatic heterocycles. The molecule has 0 aromatic rings. The molecule has 5 nitrogen and oxygen atoms in total. The fourth-order valence-electron chi connectivity index (χ4n) is 6.23. The molecule has 0 rings (SSSR count). The summed E-state index contributed by atoms with van der Waals surface area (Å²) in [6.07, 6.45) is 42.8. The van der Waals surface area contributed by atoms with Crippen molar-refractivity contribution in [1.29, 1.82) is 0 Å². The van der Waals surface area contributed by atoms with Gasteiger partial charge in [0.25, 0.3) is 0 Å². The molecule has 0 saturated carbocycles. The van der Waals surface area contributed by atoms with Gasteiger partial charge in [-0.05, 0) is 19.3 Å². The first-order valence-corrected chi connectivity index (χ1v) is 20.7. The van der Waals surface area contributed by atoms with Crippen molar-refractivity contribution in [2.45, 2.75) is 238 Å². The summed E-state index contributed by atoms with van der Waals surface area (Å²) in [5.74, 6) is -0.659. The molecule has 0 aromatic carbocycles. The number of hydrogen-bond donors (Lipinski definition) is 1. The molecule has 0 aliphatic carbocycles. The zero-order valence-corrected chi connectivity index (χ0v) is 37.2. The Morgan fingerprint density at radius 1 is 0.438 bits per heavy atom. The zero-order valence-electron chi connectivity index (χ0n) is 35.2. The Bertz CT molecular complexity index is 650. The van der Waals surface area contributed by atoms with E-state index in [0.717, 1.165) is 25.7 Å². The smallest absolute Gasteiger partial charge is 1.00 e. The number of unbranched alkanes of at least 4 members (excludes halogenated alkanes) is 30. The van der Waals surface area contributed by atoms with E-state index in [1.807, 2.05) is 0 Å². The summed E-state index contributed by atoms with van der Waals surface area (Å²) in [6, 6.07) is -0.746. The SMILES string of the molecule is CCCCCCCCCCCCCCCCCCOC(=O)CC[C@H](N)C(=O)OCCCCCCCCCCCCCCCCCC.[H-].[H-].[Na+].[Na+]. The zero-order chi connectivity index (χ0) is 33.6. The summed E-state index contributed by atoms with van der Waals surface area (Å²) < 4.78 is 10.7. The van der Waals surface area contributed by atoms with Crippen LogP contribution in [0.15, 0.2) is 0 Å². The van der Waals surface area contributed by atoms with E-state index in [-0.39, 0.29) is 80.8 Å². The van der Waals surface area contributed by atoms with Gasteiger partial charge in [0.2, 0.25) is 0 Å². The molecule has 0 bridgehead atoms. The number of ether oxygens (including phenoxy) is 2. The number of hydrogen-bond acceptors (Lipinski definition) is 5. The minimum atomic E-state index is -0.746. The quantitative estimate of drug-likeness (QED) is 0.0430. The van der Waals surface area contributed by atoms with Crippen LogP contribution in [0.1, 0.15) is 235 Å². The van der Waals surface area contributed by atoms with Crippen LogP contribution in [0.25, 0.3) is 0 Å². The maximum atomic E-state index is 12.1. The van der Waals surface area contributed by atoms with Gasteiger partial charge in [-0.25, -0.2) is 0 Å². The molecule has 48 heavy (non-hydrogen) atoms. The molecule has 2 N–H and O–H groups in total. The molecule has 0 unspecified atom stereocenters. The van der Waals surface area contributed by atoms with Gasteiger partial charge in [-0.3, -0.25) is 9.59 Å². The van der Waals surface area contributed by atoms with Crippen LogP contribution in [-0.2, 0) is 19.1 Å². The molecule has 0 saturated heterocycles. The Morgan fingerprint density at radius 2 is 0.688 bits per heavy atom. The van der Waals surface area contributed by atoms with Gasteiger partial charge in [0, 0.05) is 6.42 Å². The van der Waals surface area contributed by atoms with Crippen molar-refractivity contribution in [3.63, 3.8) is 0 Å². The average molecular weight is 700 g/mol. The topological polar surface area (TPSA) is 78.6 Å². The Labute approximate surface area is 347 Å². The van der Waals surface area contributed by atoms with E-state index >= 15 is 0 Å². The summed E-state index contributed by atoms with van der Waals surface area (Å²) in [6.45, 7) is 5.45. The normalized spacial score (nSPS) is 11.5. The first-order valence-electron chi connectivity index (χ1n) is 20.7. The molecule has 7 heteroatoms. The Kier molecular flexibility index (Phi) is 50.9. The fourth-order valence-corrected chi connectivity index (χ4v) is 6.23. The summed E-state index contributed by atoms with van der Waals surface area (Å²) in [5, 5.41) is 0. The van der Waals surface area contributed by atoms with E-state index in [0.29, 0.717) is 13.2 Å². The second-order valence-corrected chi connectivity index (χ2v) is 14.1. The van der Waals surface area contributed by atoms with Crippen LogP contribution in [0.2, 0.25) is 0 Å². The van der Waals surface area contributed by atoms with Gasteiger partial charge >= 0.3 is 71.1 Å². The third-order valence-corrected chi connectivity index (χ3v) is 9.47. The third kappa shape index (κ3) is 43.1. The Hall–Kier alpha value is 0.900. The Balaban J connectivity index is -0.00000169. The second-order valence-electron chi connectivity index (χ2n) is 14.1. The predicted octanol–water partition coefficient (Wildman–Crippen LogP) is 6.94. The van der Waals surface area contributed by atoms with Crippen molar-refractivity contribution in [3.8, 4) is 0 Å². The van der Waals surface area contributed by atoms with Crippen LogP contribution in [0.3, 0.4) is 0 Å². The van der Waals surface area contributed by atoms with Gasteiger partial charge < -0.3 is 18.1 Å². The number of carbonyl (C=O) groups excluding carboxylic acids is 2. The van der Waals surface area contributed by atoms with E-state index in [1.54, 1.807) is 0 Å². The van der Waals surface area contributed by atoms with Gasteiger partial charge in [0.15, 0.2) is 0 Å².